The lowest BCUT2D eigenvalue weighted by Crippen LogP contribution is -2.34. The summed E-state index contributed by atoms with van der Waals surface area (Å²) in [6.45, 7) is 3.78. The van der Waals surface area contributed by atoms with Gasteiger partial charge in [0.05, 0.1) is 0 Å². The molecule has 7 heteroatoms. The van der Waals surface area contributed by atoms with E-state index in [9.17, 15) is 0 Å². The molecule has 1 aromatic carbocycles. The Morgan fingerprint density at radius 1 is 1.08 bits per heavy atom. The van der Waals surface area contributed by atoms with Crippen LogP contribution in [0.3, 0.4) is 0 Å². The lowest BCUT2D eigenvalue weighted by Gasteiger charge is -2.27. The van der Waals surface area contributed by atoms with E-state index in [2.05, 4.69) is 24.4 Å². The monoisotopic (exact) mass is 351 g/mol. The van der Waals surface area contributed by atoms with Crippen LogP contribution in [0.4, 0.5) is 0 Å². The Hall–Kier alpha value is -2.28. The molecule has 0 amide bonds. The number of hydrogen-bond acceptors (Lipinski definition) is 5. The Morgan fingerprint density at radius 3 is 2.36 bits per heavy atom. The Balaban J connectivity index is 0.000000326. The van der Waals surface area contributed by atoms with Crippen LogP contribution in [0.5, 0.6) is 11.5 Å². The molecule has 1 fully saturated rings. The molecule has 7 nitrogen and oxygen atoms in total. The largest absolute Gasteiger partial charge is 0.473 e. The first-order valence-electron chi connectivity index (χ1n) is 8.54. The third kappa shape index (κ3) is 6.26. The molecule has 3 N–H and O–H groups in total. The van der Waals surface area contributed by atoms with Crippen LogP contribution >= 0.6 is 0 Å². The van der Waals surface area contributed by atoms with Crippen LogP contribution in [0.15, 0.2) is 18.2 Å². The topological polar surface area (TPSA) is 105 Å². The third-order valence-corrected chi connectivity index (χ3v) is 4.48. The summed E-state index contributed by atoms with van der Waals surface area (Å²) in [6, 6.07) is 6.98. The number of benzene rings is 1. The summed E-state index contributed by atoms with van der Waals surface area (Å²) in [4.78, 5) is 18.2. The molecule has 1 aliphatic carbocycles. The van der Waals surface area contributed by atoms with Gasteiger partial charge in [0.15, 0.2) is 11.5 Å². The van der Waals surface area contributed by atoms with Crippen molar-refractivity contribution in [1.82, 2.24) is 5.32 Å². The average Bonchev–Trinajstić information content (AvgIpc) is 3.05. The van der Waals surface area contributed by atoms with E-state index in [1.165, 1.54) is 31.2 Å². The highest BCUT2D eigenvalue weighted by Gasteiger charge is 2.17. The molecule has 138 valence electrons. The predicted octanol–water partition coefficient (Wildman–Crippen LogP) is 2.28. The second kappa shape index (κ2) is 9.27. The van der Waals surface area contributed by atoms with Gasteiger partial charge < -0.3 is 25.0 Å². The molecule has 0 aromatic heterocycles. The molecule has 3 rings (SSSR count). The van der Waals surface area contributed by atoms with E-state index in [4.69, 9.17) is 29.3 Å². The van der Waals surface area contributed by atoms with Gasteiger partial charge in [-0.2, -0.15) is 0 Å². The maximum atomic E-state index is 9.10. The van der Waals surface area contributed by atoms with Crippen molar-refractivity contribution >= 4 is 11.9 Å². The fraction of sp³-hybridized carbons (Fsp3) is 0.556. The highest BCUT2D eigenvalue weighted by molar-refractivity contribution is 6.27. The van der Waals surface area contributed by atoms with Crippen LogP contribution in [-0.2, 0) is 16.0 Å². The second-order valence-electron chi connectivity index (χ2n) is 6.46. The molecule has 1 aliphatic heterocycles. The molecule has 1 aromatic rings. The van der Waals surface area contributed by atoms with Crippen molar-refractivity contribution in [3.8, 4) is 11.5 Å². The van der Waals surface area contributed by atoms with Crippen molar-refractivity contribution in [2.75, 3.05) is 13.3 Å². The molecule has 2 aliphatic rings. The van der Waals surface area contributed by atoms with Gasteiger partial charge in [0.25, 0.3) is 0 Å². The van der Waals surface area contributed by atoms with Crippen LogP contribution in [0.1, 0.15) is 38.2 Å². The minimum atomic E-state index is -1.82. The zero-order valence-corrected chi connectivity index (χ0v) is 14.4. The number of carboxylic acids is 2. The summed E-state index contributed by atoms with van der Waals surface area (Å²) >= 11 is 0. The minimum absolute atomic E-state index is 0.358. The van der Waals surface area contributed by atoms with Gasteiger partial charge in [0, 0.05) is 6.04 Å². The number of carbonyl (C=O) groups is 2. The van der Waals surface area contributed by atoms with Gasteiger partial charge >= 0.3 is 11.9 Å². The SMILES string of the molecule is CC1CCC(NCCc2ccc3c(c2)OCO3)CC1.O=C(O)C(=O)O. The lowest BCUT2D eigenvalue weighted by atomic mass is 9.87. The van der Waals surface area contributed by atoms with Crippen molar-refractivity contribution in [1.29, 1.82) is 0 Å². The van der Waals surface area contributed by atoms with E-state index < -0.39 is 11.9 Å². The van der Waals surface area contributed by atoms with Crippen LogP contribution in [0, 0.1) is 5.92 Å². The van der Waals surface area contributed by atoms with Crippen molar-refractivity contribution in [2.24, 2.45) is 5.92 Å². The summed E-state index contributed by atoms with van der Waals surface area (Å²) in [7, 11) is 0. The second-order valence-corrected chi connectivity index (χ2v) is 6.46. The smallest absolute Gasteiger partial charge is 0.414 e. The summed E-state index contributed by atoms with van der Waals surface area (Å²) in [5, 5.41) is 18.5. The van der Waals surface area contributed by atoms with Crippen LogP contribution in [-0.4, -0.2) is 41.5 Å². The van der Waals surface area contributed by atoms with E-state index in [0.717, 1.165) is 36.4 Å². The molecule has 1 heterocycles. The minimum Gasteiger partial charge on any atom is -0.473 e. The van der Waals surface area contributed by atoms with Gasteiger partial charge in [0.1, 0.15) is 0 Å². The fourth-order valence-corrected chi connectivity index (χ4v) is 2.98. The Bertz CT molecular complexity index is 583. The average molecular weight is 351 g/mol. The van der Waals surface area contributed by atoms with Crippen LogP contribution in [0.25, 0.3) is 0 Å². The molecular weight excluding hydrogens is 326 g/mol. The molecule has 0 radical (unpaired) electrons. The number of nitrogens with one attached hydrogen (secondary N) is 1. The van der Waals surface area contributed by atoms with E-state index in [-0.39, 0.29) is 0 Å². The molecule has 0 spiro atoms. The van der Waals surface area contributed by atoms with E-state index in [1.807, 2.05) is 6.07 Å². The number of aliphatic carboxylic acids is 2. The van der Waals surface area contributed by atoms with Crippen LogP contribution in [0.2, 0.25) is 0 Å². The normalized spacial score (nSPS) is 21.2. The summed E-state index contributed by atoms with van der Waals surface area (Å²) in [5.41, 5.74) is 1.32. The van der Waals surface area contributed by atoms with Gasteiger partial charge in [-0.3, -0.25) is 0 Å². The first kappa shape index (κ1) is 19.1. The third-order valence-electron chi connectivity index (χ3n) is 4.48. The lowest BCUT2D eigenvalue weighted by molar-refractivity contribution is -0.159. The fourth-order valence-electron chi connectivity index (χ4n) is 2.98. The molecule has 25 heavy (non-hydrogen) atoms. The summed E-state index contributed by atoms with van der Waals surface area (Å²) in [5.74, 6) is -0.959. The van der Waals surface area contributed by atoms with E-state index >= 15 is 0 Å². The Labute approximate surface area is 146 Å². The van der Waals surface area contributed by atoms with Gasteiger partial charge in [-0.05, 0) is 62.3 Å². The number of hydrogen-bond donors (Lipinski definition) is 3. The van der Waals surface area contributed by atoms with Gasteiger partial charge in [-0.25, -0.2) is 9.59 Å². The standard InChI is InChI=1S/C16H23NO2.C2H2O4/c1-12-2-5-14(6-3-12)17-9-8-13-4-7-15-16(10-13)19-11-18-15;3-1(4)2(5)6/h4,7,10,12,14,17H,2-3,5-6,8-9,11H2,1H3;(H,3,4)(H,5,6). The van der Waals surface area contributed by atoms with Crippen molar-refractivity contribution in [3.05, 3.63) is 23.8 Å². The number of fused-ring (bicyclic) bond motifs is 1. The summed E-state index contributed by atoms with van der Waals surface area (Å²) in [6.07, 6.45) is 6.48. The molecular formula is C18H25NO6. The zero-order valence-electron chi connectivity index (χ0n) is 14.4. The molecule has 0 bridgehead atoms. The van der Waals surface area contributed by atoms with Gasteiger partial charge in [-0.15, -0.1) is 0 Å². The van der Waals surface area contributed by atoms with E-state index in [0.29, 0.717) is 6.79 Å². The predicted molar refractivity (Wildman–Crippen MR) is 91.0 cm³/mol. The van der Waals surface area contributed by atoms with Crippen molar-refractivity contribution in [2.45, 2.75) is 45.1 Å². The summed E-state index contributed by atoms with van der Waals surface area (Å²) < 4.78 is 10.7. The first-order valence-corrected chi connectivity index (χ1v) is 8.54. The number of rotatable bonds is 4. The highest BCUT2D eigenvalue weighted by Crippen LogP contribution is 2.32. The van der Waals surface area contributed by atoms with Crippen molar-refractivity contribution < 1.29 is 29.3 Å². The first-order chi connectivity index (χ1) is 12.0. The Kier molecular flexibility index (Phi) is 7.06. The molecule has 0 saturated heterocycles. The Morgan fingerprint density at radius 2 is 1.72 bits per heavy atom. The quantitative estimate of drug-likeness (QED) is 0.715. The molecule has 0 atom stereocenters. The maximum Gasteiger partial charge on any atom is 0.414 e. The van der Waals surface area contributed by atoms with Crippen LogP contribution < -0.4 is 14.8 Å². The number of carboxylic acid groups (broad SMARTS) is 2. The maximum absolute atomic E-state index is 9.10. The van der Waals surface area contributed by atoms with Gasteiger partial charge in [0.2, 0.25) is 6.79 Å². The van der Waals surface area contributed by atoms with Crippen molar-refractivity contribution in [3.63, 3.8) is 0 Å². The number of ether oxygens (including phenoxy) is 2. The zero-order chi connectivity index (χ0) is 18.2. The molecule has 0 unspecified atom stereocenters. The van der Waals surface area contributed by atoms with Gasteiger partial charge in [-0.1, -0.05) is 13.0 Å². The van der Waals surface area contributed by atoms with E-state index in [1.54, 1.807) is 0 Å². The highest BCUT2D eigenvalue weighted by atomic mass is 16.7. The molecule has 1 saturated carbocycles.